The molecule has 30 heavy (non-hydrogen) atoms. The molecule has 3 N–H and O–H groups in total. The van der Waals surface area contributed by atoms with E-state index in [1.54, 1.807) is 42.6 Å². The van der Waals surface area contributed by atoms with E-state index in [2.05, 4.69) is 4.98 Å². The summed E-state index contributed by atoms with van der Waals surface area (Å²) >= 11 is 6.38. The number of aliphatic hydroxyl groups excluding tert-OH is 1. The van der Waals surface area contributed by atoms with Crippen LogP contribution in [0.25, 0.3) is 10.9 Å². The first kappa shape index (κ1) is 20.3. The lowest BCUT2D eigenvalue weighted by Crippen LogP contribution is -2.14. The summed E-state index contributed by atoms with van der Waals surface area (Å²) in [5, 5.41) is 10.6. The first-order valence-corrected chi connectivity index (χ1v) is 10.1. The highest BCUT2D eigenvalue weighted by molar-refractivity contribution is 6.31. The fourth-order valence-electron chi connectivity index (χ4n) is 3.45. The van der Waals surface area contributed by atoms with Crippen molar-refractivity contribution < 1.29 is 19.4 Å². The van der Waals surface area contributed by atoms with Gasteiger partial charge in [0, 0.05) is 35.0 Å². The maximum atomic E-state index is 12.1. The molecule has 0 bridgehead atoms. The largest absolute Gasteiger partial charge is 0.457 e. The molecule has 0 aliphatic heterocycles. The second-order valence-electron chi connectivity index (χ2n) is 7.58. The van der Waals surface area contributed by atoms with E-state index in [1.807, 2.05) is 0 Å². The SMILES string of the molecule is NC(=O)c1cc2c(Oc3ccc(CC(=O)CC4CC4)c(Cl)c3)ccnc2cc1CO. The topological polar surface area (TPSA) is 103 Å². The minimum atomic E-state index is -0.640. The monoisotopic (exact) mass is 424 g/mol. The summed E-state index contributed by atoms with van der Waals surface area (Å²) < 4.78 is 5.99. The van der Waals surface area contributed by atoms with Gasteiger partial charge < -0.3 is 15.6 Å². The molecule has 0 unspecified atom stereocenters. The minimum Gasteiger partial charge on any atom is -0.457 e. The number of rotatable bonds is 8. The summed E-state index contributed by atoms with van der Waals surface area (Å²) in [6, 6.07) is 10.1. The van der Waals surface area contributed by atoms with Crippen LogP contribution in [0.4, 0.5) is 0 Å². The first-order chi connectivity index (χ1) is 14.4. The molecule has 3 aromatic rings. The maximum absolute atomic E-state index is 12.1. The molecule has 2 aromatic carbocycles. The Balaban J connectivity index is 1.60. The zero-order valence-electron chi connectivity index (χ0n) is 16.2. The summed E-state index contributed by atoms with van der Waals surface area (Å²) in [4.78, 5) is 28.1. The molecule has 0 spiro atoms. The highest BCUT2D eigenvalue weighted by Gasteiger charge is 2.24. The number of fused-ring (bicyclic) bond motifs is 1. The number of benzene rings is 2. The van der Waals surface area contributed by atoms with E-state index in [0.717, 1.165) is 18.4 Å². The average Bonchev–Trinajstić information content (AvgIpc) is 3.53. The van der Waals surface area contributed by atoms with Gasteiger partial charge in [-0.2, -0.15) is 0 Å². The van der Waals surface area contributed by atoms with Crippen molar-refractivity contribution in [3.8, 4) is 11.5 Å². The third kappa shape index (κ3) is 4.45. The number of carbonyl (C=O) groups is 2. The Morgan fingerprint density at radius 1 is 1.17 bits per heavy atom. The van der Waals surface area contributed by atoms with Crippen LogP contribution in [0, 0.1) is 5.92 Å². The van der Waals surface area contributed by atoms with Gasteiger partial charge >= 0.3 is 0 Å². The smallest absolute Gasteiger partial charge is 0.249 e. The fraction of sp³-hybridized carbons (Fsp3) is 0.261. The highest BCUT2D eigenvalue weighted by atomic mass is 35.5. The fourth-order valence-corrected chi connectivity index (χ4v) is 3.69. The average molecular weight is 425 g/mol. The molecule has 1 fully saturated rings. The Hall–Kier alpha value is -2.96. The standard InChI is InChI=1S/C23H21ClN2O4/c24-20-10-17(4-3-14(20)8-16(28)7-13-1-2-13)30-22-5-6-26-21-9-15(12-27)18(23(25)29)11-19(21)22/h3-6,9-11,13,27H,1-2,7-8,12H2,(H2,25,29). The lowest BCUT2D eigenvalue weighted by Gasteiger charge is -2.12. The number of primary amides is 1. The van der Waals surface area contributed by atoms with Crippen molar-refractivity contribution in [3.05, 3.63) is 64.3 Å². The second kappa shape index (κ2) is 8.42. The number of aliphatic hydroxyl groups is 1. The van der Waals surface area contributed by atoms with Crippen LogP contribution in [0.3, 0.4) is 0 Å². The number of pyridine rings is 1. The van der Waals surface area contributed by atoms with Gasteiger partial charge in [0.1, 0.15) is 17.3 Å². The number of amides is 1. The number of ketones is 1. The maximum Gasteiger partial charge on any atom is 0.249 e. The van der Waals surface area contributed by atoms with Crippen LogP contribution < -0.4 is 10.5 Å². The first-order valence-electron chi connectivity index (χ1n) is 9.75. The molecule has 6 nitrogen and oxygen atoms in total. The number of nitrogens with zero attached hydrogens (tertiary/aromatic N) is 1. The molecule has 154 valence electrons. The molecule has 1 aliphatic rings. The van der Waals surface area contributed by atoms with Crippen molar-refractivity contribution >= 4 is 34.2 Å². The van der Waals surface area contributed by atoms with Crippen molar-refractivity contribution in [2.45, 2.75) is 32.3 Å². The lowest BCUT2D eigenvalue weighted by molar-refractivity contribution is -0.118. The van der Waals surface area contributed by atoms with Gasteiger partial charge in [0.2, 0.25) is 5.91 Å². The van der Waals surface area contributed by atoms with E-state index >= 15 is 0 Å². The predicted octanol–water partition coefficient (Wildman–Crippen LogP) is 4.18. The van der Waals surface area contributed by atoms with Gasteiger partial charge in [-0.15, -0.1) is 0 Å². The Bertz CT molecular complexity index is 1140. The highest BCUT2D eigenvalue weighted by Crippen LogP contribution is 2.35. The van der Waals surface area contributed by atoms with E-state index < -0.39 is 5.91 Å². The predicted molar refractivity (Wildman–Crippen MR) is 114 cm³/mol. The Morgan fingerprint density at radius 2 is 1.97 bits per heavy atom. The molecule has 1 aromatic heterocycles. The third-order valence-corrected chi connectivity index (χ3v) is 5.57. The van der Waals surface area contributed by atoms with Gasteiger partial charge in [0.15, 0.2) is 0 Å². The second-order valence-corrected chi connectivity index (χ2v) is 7.98. The van der Waals surface area contributed by atoms with Gasteiger partial charge in [-0.1, -0.05) is 17.7 Å². The summed E-state index contributed by atoms with van der Waals surface area (Å²) in [6.45, 7) is -0.322. The molecule has 1 aliphatic carbocycles. The summed E-state index contributed by atoms with van der Waals surface area (Å²) in [5.41, 5.74) is 7.40. The van der Waals surface area contributed by atoms with Crippen LogP contribution in [0.5, 0.6) is 11.5 Å². The summed E-state index contributed by atoms with van der Waals surface area (Å²) in [5.74, 6) is 1.08. The lowest BCUT2D eigenvalue weighted by atomic mass is 10.0. The minimum absolute atomic E-state index is 0.201. The van der Waals surface area contributed by atoms with E-state index in [-0.39, 0.29) is 18.0 Å². The number of hydrogen-bond acceptors (Lipinski definition) is 5. The molecule has 4 rings (SSSR count). The van der Waals surface area contributed by atoms with Gasteiger partial charge in [-0.25, -0.2) is 0 Å². The van der Waals surface area contributed by atoms with E-state index in [9.17, 15) is 14.7 Å². The normalized spacial score (nSPS) is 13.4. The zero-order valence-corrected chi connectivity index (χ0v) is 17.0. The van der Waals surface area contributed by atoms with E-state index in [1.165, 1.54) is 0 Å². The number of Topliss-reactive ketones (excluding diaryl/α,β-unsaturated/α-hetero) is 1. The van der Waals surface area contributed by atoms with Gasteiger partial charge in [-0.05, 0) is 60.2 Å². The van der Waals surface area contributed by atoms with Crippen molar-refractivity contribution in [1.29, 1.82) is 0 Å². The Morgan fingerprint density at radius 3 is 2.63 bits per heavy atom. The molecule has 7 heteroatoms. The molecular weight excluding hydrogens is 404 g/mol. The van der Waals surface area contributed by atoms with Crippen LogP contribution in [0.2, 0.25) is 5.02 Å². The molecule has 1 saturated carbocycles. The number of nitrogens with two attached hydrogens (primary N) is 1. The van der Waals surface area contributed by atoms with Crippen molar-refractivity contribution in [2.75, 3.05) is 0 Å². The Labute approximate surface area is 178 Å². The molecule has 0 atom stereocenters. The van der Waals surface area contributed by atoms with E-state index in [0.29, 0.717) is 51.7 Å². The summed E-state index contributed by atoms with van der Waals surface area (Å²) in [7, 11) is 0. The number of halogens is 1. The van der Waals surface area contributed by atoms with Crippen molar-refractivity contribution in [2.24, 2.45) is 11.7 Å². The number of carbonyl (C=O) groups excluding carboxylic acids is 2. The number of hydrogen-bond donors (Lipinski definition) is 2. The van der Waals surface area contributed by atoms with Crippen molar-refractivity contribution in [1.82, 2.24) is 4.98 Å². The van der Waals surface area contributed by atoms with Crippen LogP contribution in [-0.2, 0) is 17.8 Å². The third-order valence-electron chi connectivity index (χ3n) is 5.22. The molecule has 0 radical (unpaired) electrons. The quantitative estimate of drug-likeness (QED) is 0.564. The van der Waals surface area contributed by atoms with Crippen LogP contribution in [0.15, 0.2) is 42.6 Å². The molecule has 0 saturated heterocycles. The number of ether oxygens (including phenoxy) is 1. The van der Waals surface area contributed by atoms with Crippen LogP contribution >= 0.6 is 11.6 Å². The van der Waals surface area contributed by atoms with E-state index in [4.69, 9.17) is 22.1 Å². The van der Waals surface area contributed by atoms with Gasteiger partial charge in [-0.3, -0.25) is 14.6 Å². The van der Waals surface area contributed by atoms with Gasteiger partial charge in [0.25, 0.3) is 0 Å². The molecular formula is C23H21ClN2O4. The number of aromatic nitrogens is 1. The van der Waals surface area contributed by atoms with Gasteiger partial charge in [0.05, 0.1) is 12.1 Å². The molecule has 1 heterocycles. The molecule has 1 amide bonds. The van der Waals surface area contributed by atoms with Crippen molar-refractivity contribution in [3.63, 3.8) is 0 Å². The Kier molecular flexibility index (Phi) is 5.70. The zero-order chi connectivity index (χ0) is 21.3. The summed E-state index contributed by atoms with van der Waals surface area (Å²) in [6.07, 6.45) is 4.80. The van der Waals surface area contributed by atoms with Crippen LogP contribution in [-0.4, -0.2) is 21.8 Å². The van der Waals surface area contributed by atoms with Crippen LogP contribution in [0.1, 0.15) is 40.7 Å².